The smallest absolute Gasteiger partial charge is 0.325 e. The standard InChI is InChI=1S/C10H9BrN4O4/c11-8-2-1-7(19-8)10(18)12-3-6-4-15(14-13-6)5-9(16)17/h1-2,4H,3,5H2,(H,12,18)(H,16,17). The second-order valence-corrected chi connectivity index (χ2v) is 4.37. The Kier molecular flexibility index (Phi) is 3.95. The Morgan fingerprint density at radius 1 is 1.47 bits per heavy atom. The zero-order valence-corrected chi connectivity index (χ0v) is 11.1. The number of carboxylic acid groups (broad SMARTS) is 1. The number of aromatic nitrogens is 3. The molecule has 2 N–H and O–H groups in total. The molecule has 0 aliphatic heterocycles. The van der Waals surface area contributed by atoms with Crippen LogP contribution in [0, 0.1) is 0 Å². The summed E-state index contributed by atoms with van der Waals surface area (Å²) in [6.07, 6.45) is 1.45. The molecule has 19 heavy (non-hydrogen) atoms. The molecule has 0 spiro atoms. The van der Waals surface area contributed by atoms with Crippen LogP contribution in [0.25, 0.3) is 0 Å². The lowest BCUT2D eigenvalue weighted by Crippen LogP contribution is -2.22. The molecule has 2 heterocycles. The first-order chi connectivity index (χ1) is 9.04. The number of carbonyl (C=O) groups excluding carboxylic acids is 1. The van der Waals surface area contributed by atoms with Crippen molar-refractivity contribution in [3.05, 3.63) is 34.5 Å². The molecule has 2 rings (SSSR count). The summed E-state index contributed by atoms with van der Waals surface area (Å²) >= 11 is 3.09. The minimum absolute atomic E-state index is 0.136. The van der Waals surface area contributed by atoms with Gasteiger partial charge in [0.05, 0.1) is 12.7 Å². The molecule has 0 radical (unpaired) electrons. The molecule has 100 valence electrons. The van der Waals surface area contributed by atoms with Crippen LogP contribution in [0.1, 0.15) is 16.2 Å². The van der Waals surface area contributed by atoms with Crippen LogP contribution in [0.3, 0.4) is 0 Å². The summed E-state index contributed by atoms with van der Waals surface area (Å²) in [6.45, 7) is -0.136. The number of hydrogen-bond acceptors (Lipinski definition) is 5. The molecular weight excluding hydrogens is 320 g/mol. The number of carbonyl (C=O) groups is 2. The normalized spacial score (nSPS) is 10.4. The average molecular weight is 329 g/mol. The van der Waals surface area contributed by atoms with Crippen molar-refractivity contribution in [2.24, 2.45) is 0 Å². The van der Waals surface area contributed by atoms with Crippen molar-refractivity contribution in [2.75, 3.05) is 0 Å². The summed E-state index contributed by atoms with van der Waals surface area (Å²) in [6, 6.07) is 3.14. The molecule has 0 saturated carbocycles. The summed E-state index contributed by atoms with van der Waals surface area (Å²) in [5, 5.41) is 18.5. The number of aliphatic carboxylic acids is 1. The number of nitrogens with one attached hydrogen (secondary N) is 1. The Morgan fingerprint density at radius 2 is 2.26 bits per heavy atom. The van der Waals surface area contributed by atoms with E-state index in [0.29, 0.717) is 10.4 Å². The van der Waals surface area contributed by atoms with E-state index >= 15 is 0 Å². The third-order valence-electron chi connectivity index (χ3n) is 2.11. The lowest BCUT2D eigenvalue weighted by molar-refractivity contribution is -0.137. The molecule has 2 aromatic rings. The third kappa shape index (κ3) is 3.65. The predicted octanol–water partition coefficient (Wildman–Crippen LogP) is 0.648. The number of furan rings is 1. The molecule has 0 fully saturated rings. The first-order valence-corrected chi connectivity index (χ1v) is 5.98. The molecule has 0 unspecified atom stereocenters. The molecule has 0 atom stereocenters. The van der Waals surface area contributed by atoms with Gasteiger partial charge in [-0.1, -0.05) is 5.21 Å². The van der Waals surface area contributed by atoms with E-state index in [2.05, 4.69) is 31.6 Å². The number of carboxylic acids is 1. The molecule has 8 nitrogen and oxygen atoms in total. The lowest BCUT2D eigenvalue weighted by Gasteiger charge is -1.99. The van der Waals surface area contributed by atoms with Crippen LogP contribution in [0.2, 0.25) is 0 Å². The Balaban J connectivity index is 1.90. The van der Waals surface area contributed by atoms with Gasteiger partial charge in [0, 0.05) is 0 Å². The van der Waals surface area contributed by atoms with Crippen LogP contribution in [0.4, 0.5) is 0 Å². The Bertz CT molecular complexity index is 606. The van der Waals surface area contributed by atoms with Crippen LogP contribution in [0.5, 0.6) is 0 Å². The maximum absolute atomic E-state index is 11.6. The summed E-state index contributed by atoms with van der Waals surface area (Å²) < 4.78 is 6.71. The number of amides is 1. The molecule has 9 heteroatoms. The van der Waals surface area contributed by atoms with E-state index < -0.39 is 11.9 Å². The van der Waals surface area contributed by atoms with Gasteiger partial charge in [-0.25, -0.2) is 4.68 Å². The van der Waals surface area contributed by atoms with E-state index in [1.165, 1.54) is 16.9 Å². The third-order valence-corrected chi connectivity index (χ3v) is 2.54. The van der Waals surface area contributed by atoms with E-state index in [-0.39, 0.29) is 18.8 Å². The maximum Gasteiger partial charge on any atom is 0.325 e. The van der Waals surface area contributed by atoms with Gasteiger partial charge in [0.1, 0.15) is 12.2 Å². The van der Waals surface area contributed by atoms with Gasteiger partial charge in [0.15, 0.2) is 10.4 Å². The minimum Gasteiger partial charge on any atom is -0.480 e. The van der Waals surface area contributed by atoms with Crippen LogP contribution >= 0.6 is 15.9 Å². The SMILES string of the molecule is O=C(O)Cn1cc(CNC(=O)c2ccc(Br)o2)nn1. The van der Waals surface area contributed by atoms with Crippen molar-refractivity contribution in [1.29, 1.82) is 0 Å². The topological polar surface area (TPSA) is 110 Å². The quantitative estimate of drug-likeness (QED) is 0.833. The molecule has 0 bridgehead atoms. The van der Waals surface area contributed by atoms with E-state index in [1.807, 2.05) is 0 Å². The highest BCUT2D eigenvalue weighted by molar-refractivity contribution is 9.10. The van der Waals surface area contributed by atoms with Gasteiger partial charge in [-0.05, 0) is 28.1 Å². The second kappa shape index (κ2) is 5.65. The predicted molar refractivity (Wildman–Crippen MR) is 65.2 cm³/mol. The van der Waals surface area contributed by atoms with Gasteiger partial charge in [-0.3, -0.25) is 9.59 Å². The van der Waals surface area contributed by atoms with Crippen LogP contribution in [0.15, 0.2) is 27.4 Å². The van der Waals surface area contributed by atoms with E-state index in [1.54, 1.807) is 6.07 Å². The van der Waals surface area contributed by atoms with Gasteiger partial charge in [-0.15, -0.1) is 5.10 Å². The van der Waals surface area contributed by atoms with Crippen molar-refractivity contribution >= 4 is 27.8 Å². The largest absolute Gasteiger partial charge is 0.480 e. The molecule has 0 aliphatic rings. The van der Waals surface area contributed by atoms with Gasteiger partial charge < -0.3 is 14.8 Å². The highest BCUT2D eigenvalue weighted by Crippen LogP contribution is 2.13. The van der Waals surface area contributed by atoms with Crippen molar-refractivity contribution in [1.82, 2.24) is 20.3 Å². The van der Waals surface area contributed by atoms with Crippen molar-refractivity contribution in [3.8, 4) is 0 Å². The van der Waals surface area contributed by atoms with Crippen LogP contribution in [-0.4, -0.2) is 32.0 Å². The van der Waals surface area contributed by atoms with Gasteiger partial charge in [-0.2, -0.15) is 0 Å². The second-order valence-electron chi connectivity index (χ2n) is 3.59. The monoisotopic (exact) mass is 328 g/mol. The fourth-order valence-electron chi connectivity index (χ4n) is 1.33. The molecular formula is C10H9BrN4O4. The highest BCUT2D eigenvalue weighted by atomic mass is 79.9. The number of rotatable bonds is 5. The zero-order valence-electron chi connectivity index (χ0n) is 9.54. The summed E-state index contributed by atoms with van der Waals surface area (Å²) in [7, 11) is 0. The number of nitrogens with zero attached hydrogens (tertiary/aromatic N) is 3. The maximum atomic E-state index is 11.6. The molecule has 0 saturated heterocycles. The first-order valence-electron chi connectivity index (χ1n) is 5.19. The highest BCUT2D eigenvalue weighted by Gasteiger charge is 2.11. The Labute approximate surface area is 115 Å². The molecule has 0 aromatic carbocycles. The van der Waals surface area contributed by atoms with E-state index in [0.717, 1.165) is 0 Å². The van der Waals surface area contributed by atoms with E-state index in [9.17, 15) is 9.59 Å². The molecule has 2 aromatic heterocycles. The molecule has 1 amide bonds. The van der Waals surface area contributed by atoms with Crippen molar-refractivity contribution in [3.63, 3.8) is 0 Å². The summed E-state index contributed by atoms with van der Waals surface area (Å²) in [5.41, 5.74) is 0.459. The summed E-state index contributed by atoms with van der Waals surface area (Å²) in [4.78, 5) is 22.1. The Hall–Kier alpha value is -2.16. The van der Waals surface area contributed by atoms with Crippen molar-refractivity contribution in [2.45, 2.75) is 13.1 Å². The number of halogens is 1. The van der Waals surface area contributed by atoms with Gasteiger partial charge >= 0.3 is 5.97 Å². The van der Waals surface area contributed by atoms with Gasteiger partial charge in [0.2, 0.25) is 0 Å². The van der Waals surface area contributed by atoms with E-state index in [4.69, 9.17) is 9.52 Å². The minimum atomic E-state index is -1.01. The molecule has 0 aliphatic carbocycles. The first kappa shape index (κ1) is 13.3. The summed E-state index contributed by atoms with van der Waals surface area (Å²) in [5.74, 6) is -1.23. The number of hydrogen-bond donors (Lipinski definition) is 2. The van der Waals surface area contributed by atoms with Crippen molar-refractivity contribution < 1.29 is 19.1 Å². The fraction of sp³-hybridized carbons (Fsp3) is 0.200. The zero-order chi connectivity index (χ0) is 13.8. The van der Waals surface area contributed by atoms with Gasteiger partial charge in [0.25, 0.3) is 5.91 Å². The fourth-order valence-corrected chi connectivity index (χ4v) is 1.64. The average Bonchev–Trinajstić information content (AvgIpc) is 2.94. The Morgan fingerprint density at radius 3 is 2.89 bits per heavy atom. The lowest BCUT2D eigenvalue weighted by atomic mass is 10.4. The van der Waals surface area contributed by atoms with Crippen LogP contribution in [-0.2, 0) is 17.9 Å². The van der Waals surface area contributed by atoms with Crippen LogP contribution < -0.4 is 5.32 Å².